The summed E-state index contributed by atoms with van der Waals surface area (Å²) in [6.07, 6.45) is 2.14. The first kappa shape index (κ1) is 17.1. The summed E-state index contributed by atoms with van der Waals surface area (Å²) in [6.45, 7) is 1.33. The van der Waals surface area contributed by atoms with Crippen molar-refractivity contribution in [2.75, 3.05) is 6.61 Å². The minimum Gasteiger partial charge on any atom is -0.376 e. The molecule has 0 amide bonds. The lowest BCUT2D eigenvalue weighted by atomic mass is 10.2. The maximum atomic E-state index is 13.0. The van der Waals surface area contributed by atoms with E-state index in [4.69, 9.17) is 21.3 Å². The molecule has 1 aromatic carbocycles. The van der Waals surface area contributed by atoms with Gasteiger partial charge in [0.2, 0.25) is 0 Å². The average molecular weight is 393 g/mol. The second kappa shape index (κ2) is 7.50. The van der Waals surface area contributed by atoms with Crippen LogP contribution < -0.4 is 5.56 Å². The largest absolute Gasteiger partial charge is 0.376 e. The lowest BCUT2D eigenvalue weighted by Gasteiger charge is -2.16. The van der Waals surface area contributed by atoms with Gasteiger partial charge in [0.25, 0.3) is 5.56 Å². The predicted octanol–water partition coefficient (Wildman–Crippen LogP) is 4.58. The van der Waals surface area contributed by atoms with Crippen LogP contribution in [0.5, 0.6) is 0 Å². The van der Waals surface area contributed by atoms with Crippen LogP contribution in [-0.4, -0.2) is 22.3 Å². The Labute approximate surface area is 158 Å². The number of ether oxygens (including phenoxy) is 1. The highest BCUT2D eigenvalue weighted by Gasteiger charge is 2.20. The lowest BCUT2D eigenvalue weighted by Crippen LogP contribution is -2.28. The molecular formula is C18H17ClN2O2S2. The number of para-hydroxylation sites is 1. The first-order valence-corrected chi connectivity index (χ1v) is 10.4. The monoisotopic (exact) mass is 392 g/mol. The number of fused-ring (bicyclic) bond motifs is 1. The van der Waals surface area contributed by atoms with Crippen LogP contribution in [0.25, 0.3) is 10.9 Å². The minimum atomic E-state index is 0.00723. The van der Waals surface area contributed by atoms with Gasteiger partial charge in [-0.1, -0.05) is 35.5 Å². The zero-order valence-corrected chi connectivity index (χ0v) is 15.9. The standard InChI is InChI=1S/C18H17ClN2O2S2/c19-16-8-7-13(25-16)11-24-18-20-15-6-2-1-5-14(15)17(22)21(18)10-12-4-3-9-23-12/h1-2,5-8,12H,3-4,9-11H2. The molecule has 0 spiro atoms. The molecule has 0 bridgehead atoms. The topological polar surface area (TPSA) is 44.1 Å². The van der Waals surface area contributed by atoms with Crippen molar-refractivity contribution < 1.29 is 4.74 Å². The summed E-state index contributed by atoms with van der Waals surface area (Å²) in [4.78, 5) is 18.9. The van der Waals surface area contributed by atoms with E-state index in [9.17, 15) is 4.79 Å². The Morgan fingerprint density at radius 2 is 2.20 bits per heavy atom. The molecule has 3 aromatic rings. The first-order valence-electron chi connectivity index (χ1n) is 8.19. The summed E-state index contributed by atoms with van der Waals surface area (Å²) in [5, 5.41) is 1.40. The molecule has 1 aliphatic rings. The predicted molar refractivity (Wildman–Crippen MR) is 104 cm³/mol. The lowest BCUT2D eigenvalue weighted by molar-refractivity contribution is 0.0937. The highest BCUT2D eigenvalue weighted by atomic mass is 35.5. The van der Waals surface area contributed by atoms with Crippen LogP contribution in [0.2, 0.25) is 4.34 Å². The summed E-state index contributed by atoms with van der Waals surface area (Å²) in [6, 6.07) is 11.4. The Balaban J connectivity index is 1.70. The molecule has 0 radical (unpaired) electrons. The molecule has 4 nitrogen and oxygen atoms in total. The third-order valence-electron chi connectivity index (χ3n) is 4.21. The molecule has 1 saturated heterocycles. The molecule has 130 valence electrons. The number of halogens is 1. The number of aromatic nitrogens is 2. The number of nitrogens with zero attached hydrogens (tertiary/aromatic N) is 2. The zero-order valence-electron chi connectivity index (χ0n) is 13.5. The van der Waals surface area contributed by atoms with Crippen LogP contribution in [-0.2, 0) is 17.0 Å². The van der Waals surface area contributed by atoms with E-state index in [2.05, 4.69) is 0 Å². The third kappa shape index (κ3) is 3.77. The second-order valence-corrected chi connectivity index (χ2v) is 8.70. The SMILES string of the molecule is O=c1c2ccccc2nc(SCc2ccc(Cl)s2)n1CC1CCCO1. The maximum Gasteiger partial charge on any atom is 0.262 e. The van der Waals surface area contributed by atoms with Gasteiger partial charge in [-0.3, -0.25) is 9.36 Å². The van der Waals surface area contributed by atoms with Gasteiger partial charge >= 0.3 is 0 Å². The van der Waals surface area contributed by atoms with Crippen LogP contribution in [0.3, 0.4) is 0 Å². The first-order chi connectivity index (χ1) is 12.2. The van der Waals surface area contributed by atoms with Crippen molar-refractivity contribution in [3.63, 3.8) is 0 Å². The molecule has 3 heterocycles. The van der Waals surface area contributed by atoms with Gasteiger partial charge in [0, 0.05) is 17.2 Å². The van der Waals surface area contributed by atoms with Crippen LogP contribution >= 0.6 is 34.7 Å². The van der Waals surface area contributed by atoms with E-state index >= 15 is 0 Å². The second-order valence-electron chi connectivity index (χ2n) is 5.96. The zero-order chi connectivity index (χ0) is 17.2. The van der Waals surface area contributed by atoms with Crippen LogP contribution in [0.15, 0.2) is 46.3 Å². The number of benzene rings is 1. The van der Waals surface area contributed by atoms with Crippen molar-refractivity contribution in [2.24, 2.45) is 0 Å². The molecular weight excluding hydrogens is 376 g/mol. The molecule has 1 atom stereocenters. The van der Waals surface area contributed by atoms with Crippen molar-refractivity contribution in [1.29, 1.82) is 0 Å². The Hall–Kier alpha value is -1.34. The van der Waals surface area contributed by atoms with E-state index in [0.29, 0.717) is 11.9 Å². The molecule has 2 aromatic heterocycles. The summed E-state index contributed by atoms with van der Waals surface area (Å²) < 4.78 is 8.29. The molecule has 7 heteroatoms. The van der Waals surface area contributed by atoms with Gasteiger partial charge in [0.05, 0.1) is 27.9 Å². The molecule has 1 fully saturated rings. The summed E-state index contributed by atoms with van der Waals surface area (Å²) in [7, 11) is 0. The van der Waals surface area contributed by atoms with Crippen LogP contribution in [0.4, 0.5) is 0 Å². The van der Waals surface area contributed by atoms with E-state index in [-0.39, 0.29) is 11.7 Å². The summed E-state index contributed by atoms with van der Waals surface area (Å²) in [5.74, 6) is 0.744. The van der Waals surface area contributed by atoms with E-state index in [1.54, 1.807) is 27.7 Å². The molecule has 0 aliphatic carbocycles. The molecule has 25 heavy (non-hydrogen) atoms. The van der Waals surface area contributed by atoms with E-state index in [1.165, 1.54) is 4.88 Å². The van der Waals surface area contributed by atoms with Crippen molar-refractivity contribution in [2.45, 2.75) is 36.4 Å². The fraction of sp³-hybridized carbons (Fsp3) is 0.333. The molecule has 1 unspecified atom stereocenters. The van der Waals surface area contributed by atoms with E-state index in [0.717, 1.165) is 40.2 Å². The highest BCUT2D eigenvalue weighted by molar-refractivity contribution is 7.98. The number of hydrogen-bond acceptors (Lipinski definition) is 5. The van der Waals surface area contributed by atoms with Crippen LogP contribution in [0, 0.1) is 0 Å². The van der Waals surface area contributed by atoms with Crippen LogP contribution in [0.1, 0.15) is 17.7 Å². The fourth-order valence-corrected chi connectivity index (χ4v) is 5.11. The number of thioether (sulfide) groups is 1. The van der Waals surface area contributed by atoms with Gasteiger partial charge < -0.3 is 4.74 Å². The van der Waals surface area contributed by atoms with Crippen molar-refractivity contribution >= 4 is 45.6 Å². The fourth-order valence-electron chi connectivity index (χ4n) is 2.98. The molecule has 0 saturated carbocycles. The van der Waals surface area contributed by atoms with E-state index < -0.39 is 0 Å². The number of rotatable bonds is 5. The third-order valence-corrected chi connectivity index (χ3v) is 6.65. The van der Waals surface area contributed by atoms with Gasteiger partial charge in [-0.05, 0) is 37.1 Å². The van der Waals surface area contributed by atoms with Crippen molar-refractivity contribution in [3.8, 4) is 0 Å². The number of hydrogen-bond donors (Lipinski definition) is 0. The maximum absolute atomic E-state index is 13.0. The van der Waals surface area contributed by atoms with Gasteiger partial charge in [0.15, 0.2) is 5.16 Å². The Morgan fingerprint density at radius 1 is 1.32 bits per heavy atom. The summed E-state index contributed by atoms with van der Waals surface area (Å²) >= 11 is 9.14. The van der Waals surface area contributed by atoms with E-state index in [1.807, 2.05) is 36.4 Å². The smallest absolute Gasteiger partial charge is 0.262 e. The van der Waals surface area contributed by atoms with Crippen molar-refractivity contribution in [1.82, 2.24) is 9.55 Å². The summed E-state index contributed by atoms with van der Waals surface area (Å²) in [5.41, 5.74) is 0.746. The van der Waals surface area contributed by atoms with Gasteiger partial charge in [0.1, 0.15) is 0 Å². The number of thiophene rings is 1. The molecule has 4 rings (SSSR count). The van der Waals surface area contributed by atoms with Crippen molar-refractivity contribution in [3.05, 3.63) is 56.0 Å². The normalized spacial score (nSPS) is 17.4. The molecule has 0 N–H and O–H groups in total. The van der Waals surface area contributed by atoms with Gasteiger partial charge in [-0.25, -0.2) is 4.98 Å². The minimum absolute atomic E-state index is 0.00723. The van der Waals surface area contributed by atoms with Gasteiger partial charge in [-0.2, -0.15) is 0 Å². The average Bonchev–Trinajstić information content (AvgIpc) is 3.27. The van der Waals surface area contributed by atoms with Gasteiger partial charge in [-0.15, -0.1) is 11.3 Å². The quantitative estimate of drug-likeness (QED) is 0.470. The molecule has 1 aliphatic heterocycles. The Morgan fingerprint density at radius 3 is 2.96 bits per heavy atom. The Kier molecular flexibility index (Phi) is 5.12. The highest BCUT2D eigenvalue weighted by Crippen LogP contribution is 2.29. The Bertz CT molecular complexity index is 948.